The van der Waals surface area contributed by atoms with Gasteiger partial charge in [0.25, 0.3) is 11.8 Å². The molecular weight excluding hydrogens is 552 g/mol. The standard InChI is InChI=1S/C32H26N4O7/c37-14-20-27(38)28(39)29(40)32(43-20)35-19-13-7-5-11-17(19)22-24-23(21-16-10-4-6-12-18(16)33-25(21)26(22)35)30(41)36(31(24)42)34-15-8-2-1-3-9-15/h1-13,20,27-29,32-34,37-40H,14H2/t20-,27-,28+,29-,32-/m1/s1. The Morgan fingerprint density at radius 3 is 2.16 bits per heavy atom. The first-order valence-electron chi connectivity index (χ1n) is 13.9. The Hall–Kier alpha value is -4.78. The van der Waals surface area contributed by atoms with Gasteiger partial charge in [-0.2, -0.15) is 5.01 Å². The molecule has 0 spiro atoms. The van der Waals surface area contributed by atoms with Crippen molar-refractivity contribution in [3.63, 3.8) is 0 Å². The molecule has 0 saturated carbocycles. The summed E-state index contributed by atoms with van der Waals surface area (Å²) in [5.74, 6) is -1.05. The molecule has 43 heavy (non-hydrogen) atoms. The quantitative estimate of drug-likeness (QED) is 0.174. The average Bonchev–Trinajstić information content (AvgIpc) is 3.65. The van der Waals surface area contributed by atoms with Crippen LogP contribution in [0.2, 0.25) is 0 Å². The van der Waals surface area contributed by atoms with Crippen molar-refractivity contribution < 1.29 is 34.8 Å². The van der Waals surface area contributed by atoms with Gasteiger partial charge in [-0.15, -0.1) is 0 Å². The number of nitrogens with one attached hydrogen (secondary N) is 2. The van der Waals surface area contributed by atoms with Crippen LogP contribution >= 0.6 is 0 Å². The lowest BCUT2D eigenvalue weighted by atomic mass is 9.96. The molecule has 6 N–H and O–H groups in total. The Bertz CT molecular complexity index is 2100. The lowest BCUT2D eigenvalue weighted by molar-refractivity contribution is -0.249. The molecule has 216 valence electrons. The van der Waals surface area contributed by atoms with E-state index < -0.39 is 49.1 Å². The van der Waals surface area contributed by atoms with E-state index in [4.69, 9.17) is 4.74 Å². The number of aromatic nitrogens is 2. The monoisotopic (exact) mass is 578 g/mol. The summed E-state index contributed by atoms with van der Waals surface area (Å²) >= 11 is 0. The smallest absolute Gasteiger partial charge is 0.281 e. The fourth-order valence-corrected chi connectivity index (χ4v) is 6.64. The Morgan fingerprint density at radius 2 is 1.42 bits per heavy atom. The van der Waals surface area contributed by atoms with Gasteiger partial charge in [0.2, 0.25) is 0 Å². The van der Waals surface area contributed by atoms with Crippen LogP contribution in [-0.2, 0) is 4.74 Å². The first kappa shape index (κ1) is 25.9. The number of amides is 2. The Balaban J connectivity index is 1.50. The highest BCUT2D eigenvalue weighted by atomic mass is 16.6. The summed E-state index contributed by atoms with van der Waals surface area (Å²) in [6.45, 7) is -0.594. The van der Waals surface area contributed by atoms with Crippen molar-refractivity contribution >= 4 is 61.1 Å². The Morgan fingerprint density at radius 1 is 0.767 bits per heavy atom. The van der Waals surface area contributed by atoms with Gasteiger partial charge in [0.15, 0.2) is 6.23 Å². The van der Waals surface area contributed by atoms with Gasteiger partial charge in [-0.25, -0.2) is 0 Å². The van der Waals surface area contributed by atoms with Crippen LogP contribution in [0, 0.1) is 0 Å². The van der Waals surface area contributed by atoms with Crippen molar-refractivity contribution in [1.82, 2.24) is 14.6 Å². The van der Waals surface area contributed by atoms with Gasteiger partial charge >= 0.3 is 0 Å². The summed E-state index contributed by atoms with van der Waals surface area (Å²) in [7, 11) is 0. The summed E-state index contributed by atoms with van der Waals surface area (Å²) in [6.07, 6.45) is -7.15. The number of fused-ring (bicyclic) bond motifs is 10. The molecule has 1 saturated heterocycles. The number of hydrogen-bond donors (Lipinski definition) is 6. The topological polar surface area (TPSA) is 160 Å². The average molecular weight is 579 g/mol. The van der Waals surface area contributed by atoms with Crippen LogP contribution in [-0.4, -0.2) is 77.8 Å². The zero-order chi connectivity index (χ0) is 29.6. The third kappa shape index (κ3) is 3.48. The molecule has 2 aliphatic rings. The van der Waals surface area contributed by atoms with Gasteiger partial charge in [0.05, 0.1) is 40.0 Å². The number of H-pyrrole nitrogens is 1. The largest absolute Gasteiger partial charge is 0.394 e. The Kier molecular flexibility index (Phi) is 5.64. The molecule has 5 atom stereocenters. The van der Waals surface area contributed by atoms with Gasteiger partial charge in [0, 0.05) is 27.1 Å². The molecule has 4 heterocycles. The van der Waals surface area contributed by atoms with Crippen LogP contribution < -0.4 is 5.43 Å². The van der Waals surface area contributed by atoms with Gasteiger partial charge in [-0.3, -0.25) is 15.0 Å². The Labute approximate surface area is 243 Å². The maximum absolute atomic E-state index is 14.3. The minimum Gasteiger partial charge on any atom is -0.394 e. The maximum Gasteiger partial charge on any atom is 0.281 e. The molecule has 11 nitrogen and oxygen atoms in total. The summed E-state index contributed by atoms with van der Waals surface area (Å²) < 4.78 is 7.72. The number of hydrogen-bond acceptors (Lipinski definition) is 8. The minimum absolute atomic E-state index is 0.195. The van der Waals surface area contributed by atoms with E-state index in [2.05, 4.69) is 10.4 Å². The van der Waals surface area contributed by atoms with Crippen LogP contribution in [0.15, 0.2) is 78.9 Å². The molecule has 6 aromatic rings. The lowest BCUT2D eigenvalue weighted by Gasteiger charge is -2.41. The van der Waals surface area contributed by atoms with E-state index >= 15 is 0 Å². The van der Waals surface area contributed by atoms with E-state index in [0.29, 0.717) is 38.4 Å². The van der Waals surface area contributed by atoms with Gasteiger partial charge < -0.3 is 34.7 Å². The number of rotatable bonds is 4. The van der Waals surface area contributed by atoms with E-state index in [1.54, 1.807) is 41.0 Å². The SMILES string of the molecule is O=C1c2c(c3c4ccccc4n([C@@H]4O[C@H](CO)[C@@H](O)[C@H](O)[C@H]4O)c3c3[nH]c4ccccc4c23)C(=O)N1Nc1ccccc1. The molecular formula is C32H26N4O7. The van der Waals surface area contributed by atoms with Crippen molar-refractivity contribution in [2.75, 3.05) is 12.0 Å². The minimum atomic E-state index is -1.62. The van der Waals surface area contributed by atoms with Crippen LogP contribution in [0.4, 0.5) is 5.69 Å². The molecule has 4 aromatic carbocycles. The molecule has 0 aliphatic carbocycles. The van der Waals surface area contributed by atoms with Crippen LogP contribution in [0.1, 0.15) is 26.9 Å². The summed E-state index contributed by atoms with van der Waals surface area (Å²) in [5, 5.41) is 45.7. The highest BCUT2D eigenvalue weighted by Crippen LogP contribution is 2.47. The molecule has 2 aromatic heterocycles. The number of carbonyl (C=O) groups is 2. The number of ether oxygens (including phenoxy) is 1. The summed E-state index contributed by atoms with van der Waals surface area (Å²) in [6, 6.07) is 23.6. The molecule has 0 bridgehead atoms. The third-order valence-corrected chi connectivity index (χ3v) is 8.57. The highest BCUT2D eigenvalue weighted by molar-refractivity contribution is 6.39. The fourth-order valence-electron chi connectivity index (χ4n) is 6.64. The molecule has 0 unspecified atom stereocenters. The predicted octanol–water partition coefficient (Wildman–Crippen LogP) is 3.02. The number of benzene rings is 4. The van der Waals surface area contributed by atoms with Crippen molar-refractivity contribution in [3.05, 3.63) is 90.0 Å². The van der Waals surface area contributed by atoms with Crippen molar-refractivity contribution in [2.24, 2.45) is 0 Å². The fraction of sp³-hybridized carbons (Fsp3) is 0.188. The highest BCUT2D eigenvalue weighted by Gasteiger charge is 2.47. The van der Waals surface area contributed by atoms with E-state index in [-0.39, 0.29) is 11.1 Å². The van der Waals surface area contributed by atoms with Crippen LogP contribution in [0.5, 0.6) is 0 Å². The number of imide groups is 1. The number of anilines is 1. The molecule has 0 radical (unpaired) electrons. The van der Waals surface area contributed by atoms with E-state index in [1.165, 1.54) is 0 Å². The first-order chi connectivity index (χ1) is 20.9. The number of hydrazine groups is 1. The van der Waals surface area contributed by atoms with Crippen molar-refractivity contribution in [3.8, 4) is 0 Å². The van der Waals surface area contributed by atoms with E-state index in [9.17, 15) is 30.0 Å². The van der Waals surface area contributed by atoms with Crippen molar-refractivity contribution in [2.45, 2.75) is 30.6 Å². The second-order valence-electron chi connectivity index (χ2n) is 10.9. The van der Waals surface area contributed by atoms with Gasteiger partial charge in [-0.05, 0) is 24.3 Å². The van der Waals surface area contributed by atoms with E-state index in [1.807, 2.05) is 42.5 Å². The molecule has 8 rings (SSSR count). The molecule has 2 amide bonds. The number of aliphatic hydroxyl groups is 4. The van der Waals surface area contributed by atoms with Gasteiger partial charge in [0.1, 0.15) is 24.4 Å². The maximum atomic E-state index is 14.3. The normalized spacial score (nSPS) is 24.1. The summed E-state index contributed by atoms with van der Waals surface area (Å²) in [4.78, 5) is 31.8. The first-order valence-corrected chi connectivity index (χ1v) is 13.9. The zero-order valence-corrected chi connectivity index (χ0v) is 22.5. The van der Waals surface area contributed by atoms with Crippen LogP contribution in [0.3, 0.4) is 0 Å². The number of carbonyl (C=O) groups excluding carboxylic acids is 2. The summed E-state index contributed by atoms with van der Waals surface area (Å²) in [5.41, 5.74) is 6.26. The molecule has 11 heteroatoms. The van der Waals surface area contributed by atoms with Gasteiger partial charge in [-0.1, -0.05) is 54.6 Å². The molecule has 1 fully saturated rings. The van der Waals surface area contributed by atoms with Crippen molar-refractivity contribution in [1.29, 1.82) is 0 Å². The number of aromatic amines is 1. The zero-order valence-electron chi connectivity index (χ0n) is 22.5. The molecule has 2 aliphatic heterocycles. The predicted molar refractivity (Wildman–Crippen MR) is 158 cm³/mol. The number of nitrogens with zero attached hydrogens (tertiary/aromatic N) is 2. The lowest BCUT2D eigenvalue weighted by Crippen LogP contribution is -2.56. The number of para-hydroxylation sites is 3. The van der Waals surface area contributed by atoms with Crippen LogP contribution in [0.25, 0.3) is 43.6 Å². The third-order valence-electron chi connectivity index (χ3n) is 8.57. The number of aliphatic hydroxyl groups excluding tert-OH is 4. The second kappa shape index (κ2) is 9.36. The second-order valence-corrected chi connectivity index (χ2v) is 10.9. The van der Waals surface area contributed by atoms with E-state index in [0.717, 1.165) is 15.9 Å².